The summed E-state index contributed by atoms with van der Waals surface area (Å²) in [4.78, 5) is 23.3. The molecule has 2 rings (SSSR count). The standard InChI is InChI=1S/C17H14F6N4O2/c18-15(19,13(28)26-11-7-3-1-5-9(11)24)17(22,23)16(20,21)14(29)27-12-8-4-2-6-10(12)25/h1-8H,24-25H2,(H,26,28)(H,27,29). The quantitative estimate of drug-likeness (QED) is 0.424. The normalized spacial score (nSPS) is 12.3. The molecular weight excluding hydrogens is 406 g/mol. The molecule has 156 valence electrons. The highest BCUT2D eigenvalue weighted by molar-refractivity contribution is 6.02. The van der Waals surface area contributed by atoms with E-state index in [2.05, 4.69) is 0 Å². The van der Waals surface area contributed by atoms with E-state index >= 15 is 0 Å². The Bertz CT molecular complexity index is 862. The fraction of sp³-hybridized carbons (Fsp3) is 0.176. The zero-order valence-electron chi connectivity index (χ0n) is 14.4. The molecule has 0 unspecified atom stereocenters. The van der Waals surface area contributed by atoms with Crippen LogP contribution < -0.4 is 22.1 Å². The molecule has 0 fully saturated rings. The van der Waals surface area contributed by atoms with Crippen molar-refractivity contribution in [3.63, 3.8) is 0 Å². The van der Waals surface area contributed by atoms with Crippen molar-refractivity contribution in [3.05, 3.63) is 48.5 Å². The van der Waals surface area contributed by atoms with E-state index in [9.17, 15) is 35.9 Å². The van der Waals surface area contributed by atoms with Crippen molar-refractivity contribution in [3.8, 4) is 0 Å². The summed E-state index contributed by atoms with van der Waals surface area (Å²) >= 11 is 0. The Labute approximate surface area is 159 Å². The maximum absolute atomic E-state index is 14.0. The number of anilines is 4. The molecule has 0 heterocycles. The highest BCUT2D eigenvalue weighted by Gasteiger charge is 2.78. The first kappa shape index (κ1) is 21.9. The van der Waals surface area contributed by atoms with Crippen molar-refractivity contribution in [1.29, 1.82) is 0 Å². The number of hydrogen-bond acceptors (Lipinski definition) is 4. The summed E-state index contributed by atoms with van der Waals surface area (Å²) < 4.78 is 84.0. The second-order valence-electron chi connectivity index (χ2n) is 5.81. The molecule has 0 bridgehead atoms. The van der Waals surface area contributed by atoms with Crippen molar-refractivity contribution in [2.24, 2.45) is 0 Å². The van der Waals surface area contributed by atoms with Crippen LogP contribution in [0.15, 0.2) is 48.5 Å². The summed E-state index contributed by atoms with van der Waals surface area (Å²) in [5.74, 6) is -23.9. The van der Waals surface area contributed by atoms with Gasteiger partial charge in [-0.25, -0.2) is 0 Å². The predicted molar refractivity (Wildman–Crippen MR) is 93.8 cm³/mol. The number of nitrogen functional groups attached to an aromatic ring is 2. The van der Waals surface area contributed by atoms with Gasteiger partial charge in [-0.3, -0.25) is 9.59 Å². The van der Waals surface area contributed by atoms with Gasteiger partial charge < -0.3 is 22.1 Å². The first-order valence-electron chi connectivity index (χ1n) is 7.77. The number of alkyl halides is 6. The van der Waals surface area contributed by atoms with Gasteiger partial charge in [0.05, 0.1) is 22.7 Å². The molecule has 0 spiro atoms. The summed E-state index contributed by atoms with van der Waals surface area (Å²) in [6.07, 6.45) is 0. The van der Waals surface area contributed by atoms with Crippen LogP contribution in [0.25, 0.3) is 0 Å². The Hall–Kier alpha value is -3.44. The van der Waals surface area contributed by atoms with E-state index in [1.54, 1.807) is 0 Å². The molecule has 0 saturated carbocycles. The number of benzene rings is 2. The minimum atomic E-state index is -6.39. The third-order valence-electron chi connectivity index (χ3n) is 3.78. The summed E-state index contributed by atoms with van der Waals surface area (Å²) in [5.41, 5.74) is 9.22. The number of halogens is 6. The number of carbonyl (C=O) groups excluding carboxylic acids is 2. The molecule has 6 N–H and O–H groups in total. The lowest BCUT2D eigenvalue weighted by atomic mass is 10.0. The average molecular weight is 420 g/mol. The number of nitrogens with one attached hydrogen (secondary N) is 2. The molecule has 29 heavy (non-hydrogen) atoms. The molecule has 0 atom stereocenters. The summed E-state index contributed by atoms with van der Waals surface area (Å²) in [6, 6.07) is 9.45. The van der Waals surface area contributed by atoms with E-state index < -0.39 is 41.0 Å². The van der Waals surface area contributed by atoms with Crippen LogP contribution >= 0.6 is 0 Å². The van der Waals surface area contributed by atoms with Gasteiger partial charge in [-0.2, -0.15) is 26.3 Å². The van der Waals surface area contributed by atoms with Gasteiger partial charge >= 0.3 is 29.6 Å². The number of rotatable bonds is 6. The lowest BCUT2D eigenvalue weighted by Crippen LogP contribution is -2.63. The van der Waals surface area contributed by atoms with Crippen molar-refractivity contribution < 1.29 is 35.9 Å². The predicted octanol–water partition coefficient (Wildman–Crippen LogP) is 3.33. The molecule has 0 aliphatic rings. The average Bonchev–Trinajstić information content (AvgIpc) is 2.64. The monoisotopic (exact) mass is 420 g/mol. The molecular formula is C17H14F6N4O2. The van der Waals surface area contributed by atoms with E-state index in [1.807, 2.05) is 0 Å². The molecule has 12 heteroatoms. The zero-order chi connectivity index (χ0) is 22.0. The highest BCUT2D eigenvalue weighted by atomic mass is 19.3. The molecule has 2 aromatic rings. The Balaban J connectivity index is 2.29. The maximum atomic E-state index is 14.0. The highest BCUT2D eigenvalue weighted by Crippen LogP contribution is 2.47. The van der Waals surface area contributed by atoms with Gasteiger partial charge in [0.1, 0.15) is 0 Å². The first-order valence-corrected chi connectivity index (χ1v) is 7.77. The number of carbonyl (C=O) groups is 2. The maximum Gasteiger partial charge on any atom is 0.393 e. The van der Waals surface area contributed by atoms with E-state index in [0.29, 0.717) is 0 Å². The van der Waals surface area contributed by atoms with Crippen LogP contribution in [0.3, 0.4) is 0 Å². The third-order valence-corrected chi connectivity index (χ3v) is 3.78. The largest absolute Gasteiger partial charge is 0.397 e. The minimum Gasteiger partial charge on any atom is -0.397 e. The van der Waals surface area contributed by atoms with Crippen LogP contribution in [0, 0.1) is 0 Å². The summed E-state index contributed by atoms with van der Waals surface area (Å²) in [6.45, 7) is 0. The number of amides is 2. The molecule has 0 radical (unpaired) electrons. The Kier molecular flexibility index (Phi) is 5.67. The van der Waals surface area contributed by atoms with Gasteiger partial charge in [-0.1, -0.05) is 24.3 Å². The van der Waals surface area contributed by atoms with Crippen molar-refractivity contribution in [1.82, 2.24) is 0 Å². The number of para-hydroxylation sites is 4. The van der Waals surface area contributed by atoms with Crippen molar-refractivity contribution >= 4 is 34.6 Å². The molecule has 0 saturated heterocycles. The van der Waals surface area contributed by atoms with E-state index in [-0.39, 0.29) is 11.4 Å². The van der Waals surface area contributed by atoms with Gasteiger partial charge in [0.15, 0.2) is 0 Å². The summed E-state index contributed by atoms with van der Waals surface area (Å²) in [7, 11) is 0. The van der Waals surface area contributed by atoms with Gasteiger partial charge in [-0.15, -0.1) is 0 Å². The van der Waals surface area contributed by atoms with E-state index in [4.69, 9.17) is 11.5 Å². The summed E-state index contributed by atoms with van der Waals surface area (Å²) in [5, 5.41) is 2.69. The SMILES string of the molecule is Nc1ccccc1NC(=O)C(F)(F)C(F)(F)C(F)(F)C(=O)Nc1ccccc1N. The minimum absolute atomic E-state index is 0.274. The third kappa shape index (κ3) is 3.91. The Morgan fingerprint density at radius 3 is 1.28 bits per heavy atom. The van der Waals surface area contributed by atoms with Crippen LogP contribution in [0.4, 0.5) is 49.1 Å². The molecule has 0 aromatic heterocycles. The van der Waals surface area contributed by atoms with Crippen molar-refractivity contribution in [2.45, 2.75) is 17.8 Å². The number of hydrogen-bond donors (Lipinski definition) is 4. The molecule has 0 aliphatic heterocycles. The van der Waals surface area contributed by atoms with E-state index in [1.165, 1.54) is 34.9 Å². The van der Waals surface area contributed by atoms with Crippen LogP contribution in [0.5, 0.6) is 0 Å². The molecule has 6 nitrogen and oxygen atoms in total. The Morgan fingerprint density at radius 2 is 0.966 bits per heavy atom. The van der Waals surface area contributed by atoms with Crippen molar-refractivity contribution in [2.75, 3.05) is 22.1 Å². The van der Waals surface area contributed by atoms with Gasteiger partial charge in [0, 0.05) is 0 Å². The lowest BCUT2D eigenvalue weighted by Gasteiger charge is -2.31. The molecule has 2 amide bonds. The first-order chi connectivity index (χ1) is 13.3. The van der Waals surface area contributed by atoms with Gasteiger partial charge in [0.25, 0.3) is 0 Å². The lowest BCUT2D eigenvalue weighted by molar-refractivity contribution is -0.283. The topological polar surface area (TPSA) is 110 Å². The van der Waals surface area contributed by atoms with E-state index in [0.717, 1.165) is 24.3 Å². The van der Waals surface area contributed by atoms with Gasteiger partial charge in [-0.05, 0) is 24.3 Å². The fourth-order valence-electron chi connectivity index (χ4n) is 2.11. The van der Waals surface area contributed by atoms with Crippen LogP contribution in [0.1, 0.15) is 0 Å². The molecule has 0 aliphatic carbocycles. The van der Waals surface area contributed by atoms with Gasteiger partial charge in [0.2, 0.25) is 0 Å². The number of nitrogens with two attached hydrogens (primary N) is 2. The smallest absolute Gasteiger partial charge is 0.393 e. The van der Waals surface area contributed by atoms with Crippen LogP contribution in [0.2, 0.25) is 0 Å². The fourth-order valence-corrected chi connectivity index (χ4v) is 2.11. The second-order valence-corrected chi connectivity index (χ2v) is 5.81. The second kappa shape index (κ2) is 7.53. The van der Waals surface area contributed by atoms with Crippen LogP contribution in [-0.4, -0.2) is 29.6 Å². The Morgan fingerprint density at radius 1 is 0.655 bits per heavy atom. The van der Waals surface area contributed by atoms with Crippen LogP contribution in [-0.2, 0) is 9.59 Å². The zero-order valence-corrected chi connectivity index (χ0v) is 14.4. The molecule has 2 aromatic carbocycles.